The quantitative estimate of drug-likeness (QED) is 0.255. The zero-order valence-electron chi connectivity index (χ0n) is 23.4. The summed E-state index contributed by atoms with van der Waals surface area (Å²) in [6.45, 7) is 5.15. The van der Waals surface area contributed by atoms with Crippen molar-refractivity contribution in [1.82, 2.24) is 10.2 Å². The molecule has 1 aromatic rings. The third-order valence-electron chi connectivity index (χ3n) is 8.49. The van der Waals surface area contributed by atoms with Crippen molar-refractivity contribution in [3.8, 4) is 5.75 Å². The van der Waals surface area contributed by atoms with Gasteiger partial charge in [0.05, 0.1) is 11.7 Å². The van der Waals surface area contributed by atoms with Crippen molar-refractivity contribution in [2.45, 2.75) is 51.0 Å². The Morgan fingerprint density at radius 2 is 1.85 bits per heavy atom. The maximum Gasteiger partial charge on any atom is 0.230 e. The number of aliphatic hydroxyl groups excluding tert-OH is 2. The number of carbonyl (C=O) groups is 3. The molecule has 1 aromatic carbocycles. The number of phenols is 1. The van der Waals surface area contributed by atoms with E-state index < -0.39 is 58.7 Å². The molecule has 0 radical (unpaired) electrons. The molecule has 1 amide bonds. The second-order valence-corrected chi connectivity index (χ2v) is 12.0. The Balaban J connectivity index is 1.89. The van der Waals surface area contributed by atoms with Crippen LogP contribution in [0.3, 0.4) is 0 Å². The van der Waals surface area contributed by atoms with Crippen molar-refractivity contribution in [3.63, 3.8) is 0 Å². The summed E-state index contributed by atoms with van der Waals surface area (Å²) in [5.41, 5.74) is 4.66. The number of primary amides is 1. The third-order valence-corrected chi connectivity index (χ3v) is 8.49. The minimum atomic E-state index is -2.67. The van der Waals surface area contributed by atoms with Crippen molar-refractivity contribution >= 4 is 28.9 Å². The lowest BCUT2D eigenvalue weighted by Gasteiger charge is -2.53. The lowest BCUT2D eigenvalue weighted by atomic mass is 9.54. The van der Waals surface area contributed by atoms with Crippen LogP contribution in [0.25, 0.3) is 5.76 Å². The molecule has 3 aliphatic rings. The summed E-state index contributed by atoms with van der Waals surface area (Å²) < 4.78 is 0. The highest BCUT2D eigenvalue weighted by molar-refractivity contribution is 6.25. The number of ketones is 2. The van der Waals surface area contributed by atoms with E-state index in [2.05, 4.69) is 19.2 Å². The molecule has 39 heavy (non-hydrogen) atoms. The van der Waals surface area contributed by atoms with E-state index in [1.807, 2.05) is 25.1 Å². The molecule has 0 aliphatic heterocycles. The van der Waals surface area contributed by atoms with Crippen molar-refractivity contribution in [2.75, 3.05) is 39.6 Å². The largest absolute Gasteiger partial charge is 0.507 e. The minimum Gasteiger partial charge on any atom is -0.507 e. The van der Waals surface area contributed by atoms with Gasteiger partial charge in [0.15, 0.2) is 11.4 Å². The van der Waals surface area contributed by atoms with Crippen LogP contribution in [-0.4, -0.2) is 95.3 Å². The normalized spacial score (nSPS) is 30.4. The average molecular weight is 545 g/mol. The highest BCUT2D eigenvalue weighted by atomic mass is 16.3. The maximum absolute atomic E-state index is 14.0. The zero-order chi connectivity index (χ0) is 29.1. The van der Waals surface area contributed by atoms with E-state index in [1.165, 1.54) is 0 Å². The highest BCUT2D eigenvalue weighted by Crippen LogP contribution is 2.53. The number of aliphatic hydroxyl groups is 3. The number of fused-ring (bicyclic) bond motifs is 3. The van der Waals surface area contributed by atoms with Gasteiger partial charge in [0.1, 0.15) is 17.4 Å². The second kappa shape index (κ2) is 10.2. The molecule has 2 saturated carbocycles. The minimum absolute atomic E-state index is 0.0868. The Morgan fingerprint density at radius 3 is 2.38 bits per heavy atom. The number of nitrogens with zero attached hydrogens (tertiary/aromatic N) is 2. The number of nitrogens with one attached hydrogen (secondary N) is 1. The van der Waals surface area contributed by atoms with Crippen LogP contribution in [-0.2, 0) is 27.3 Å². The van der Waals surface area contributed by atoms with Crippen molar-refractivity contribution in [2.24, 2.45) is 29.4 Å². The molecule has 3 unspecified atom stereocenters. The fourth-order valence-electron chi connectivity index (χ4n) is 6.74. The third kappa shape index (κ3) is 4.41. The van der Waals surface area contributed by atoms with E-state index in [0.29, 0.717) is 30.1 Å². The number of hydrogen-bond acceptors (Lipinski definition) is 10. The molecule has 2 fully saturated rings. The van der Waals surface area contributed by atoms with Gasteiger partial charge in [0.2, 0.25) is 11.7 Å². The number of phenolic OH excluding ortho intramolecular Hbond substituents is 1. The van der Waals surface area contributed by atoms with E-state index in [4.69, 9.17) is 5.73 Å². The number of amides is 1. The van der Waals surface area contributed by atoms with E-state index in [-0.39, 0.29) is 29.7 Å². The summed E-state index contributed by atoms with van der Waals surface area (Å²) in [5, 5.41) is 48.8. The SMILES string of the molecule is CC(C)CNCc1cc(N(C)C)c2c(c1O)C(O)=C1C(=O)[C@@]3(O)C(=O)C(C(N)=O)C(O)C(N(C)C)[C@H]3C[C@H]1C2. The van der Waals surface area contributed by atoms with Crippen molar-refractivity contribution in [1.29, 1.82) is 0 Å². The van der Waals surface area contributed by atoms with E-state index in [1.54, 1.807) is 19.0 Å². The number of Topliss-reactive ketones (excluding diaryl/α,β-unsaturated/α-hetero) is 2. The number of carbonyl (C=O) groups excluding carboxylic acids is 3. The van der Waals surface area contributed by atoms with Gasteiger partial charge in [-0.1, -0.05) is 13.8 Å². The lowest BCUT2D eigenvalue weighted by Crippen LogP contribution is -2.73. The summed E-state index contributed by atoms with van der Waals surface area (Å²) >= 11 is 0. The Hall–Kier alpha value is -2.99. The molecule has 214 valence electrons. The first-order valence-electron chi connectivity index (χ1n) is 13.3. The fourth-order valence-corrected chi connectivity index (χ4v) is 6.74. The van der Waals surface area contributed by atoms with Gasteiger partial charge in [-0.15, -0.1) is 0 Å². The van der Waals surface area contributed by atoms with Crippen LogP contribution in [0.2, 0.25) is 0 Å². The summed E-state index contributed by atoms with van der Waals surface area (Å²) in [6, 6.07) is 0.935. The molecule has 0 heterocycles. The van der Waals surface area contributed by atoms with Gasteiger partial charge in [0.25, 0.3) is 0 Å². The highest BCUT2D eigenvalue weighted by Gasteiger charge is 2.67. The molecule has 0 spiro atoms. The van der Waals surface area contributed by atoms with E-state index in [9.17, 15) is 34.8 Å². The molecular weight excluding hydrogens is 504 g/mol. The average Bonchev–Trinajstić information content (AvgIpc) is 2.81. The van der Waals surface area contributed by atoms with Gasteiger partial charge in [-0.25, -0.2) is 0 Å². The van der Waals surface area contributed by atoms with Crippen LogP contribution in [0.5, 0.6) is 5.75 Å². The summed E-state index contributed by atoms with van der Waals surface area (Å²) in [5.74, 6) is -7.02. The molecule has 0 saturated heterocycles. The Kier molecular flexibility index (Phi) is 7.59. The number of aromatic hydroxyl groups is 1. The molecule has 0 aromatic heterocycles. The Labute approximate surface area is 228 Å². The van der Waals surface area contributed by atoms with Crippen molar-refractivity contribution in [3.05, 3.63) is 28.3 Å². The second-order valence-electron chi connectivity index (χ2n) is 12.0. The van der Waals surface area contributed by atoms with E-state index in [0.717, 1.165) is 5.69 Å². The Morgan fingerprint density at radius 1 is 1.21 bits per heavy atom. The summed E-state index contributed by atoms with van der Waals surface area (Å²) in [4.78, 5) is 43.1. The molecule has 7 N–H and O–H groups in total. The summed E-state index contributed by atoms with van der Waals surface area (Å²) in [6.07, 6.45) is -1.17. The topological polar surface area (TPSA) is 177 Å². The summed E-state index contributed by atoms with van der Waals surface area (Å²) in [7, 11) is 6.95. The predicted molar refractivity (Wildman–Crippen MR) is 145 cm³/mol. The predicted octanol–water partition coefficient (Wildman–Crippen LogP) is -0.0594. The maximum atomic E-state index is 14.0. The van der Waals surface area contributed by atoms with Crippen LogP contribution >= 0.6 is 0 Å². The Bertz CT molecular complexity index is 1240. The lowest BCUT2D eigenvalue weighted by molar-refractivity contribution is -0.184. The molecule has 6 atom stereocenters. The molecular formula is C28H40N4O7. The molecule has 4 rings (SSSR count). The number of nitrogens with two attached hydrogens (primary N) is 1. The van der Waals surface area contributed by atoms with Crippen LogP contribution in [0, 0.1) is 23.7 Å². The zero-order valence-corrected chi connectivity index (χ0v) is 23.4. The number of hydrogen-bond donors (Lipinski definition) is 6. The standard InChI is InChI=1S/C28H40N4O7/c1-12(2)10-30-11-14-9-17(31(3)4)15-7-13-8-16-21(32(5)6)24(35)20(27(29)38)26(37)28(16,39)25(36)18(13)23(34)19(15)22(14)33/h9,12-13,16,20-21,24,30,33-35,39H,7-8,10-11H2,1-6H3,(H2,29,38)/t13-,16-,20?,21?,24?,28-/m1/s1. The van der Waals surface area contributed by atoms with Crippen LogP contribution in [0.15, 0.2) is 11.6 Å². The van der Waals surface area contributed by atoms with Gasteiger partial charge in [0, 0.05) is 49.4 Å². The van der Waals surface area contributed by atoms with Gasteiger partial charge in [-0.3, -0.25) is 14.4 Å². The first kappa shape index (κ1) is 29.0. The monoisotopic (exact) mass is 544 g/mol. The molecule has 11 heteroatoms. The van der Waals surface area contributed by atoms with Gasteiger partial charge < -0.3 is 41.3 Å². The number of anilines is 1. The number of likely N-dealkylation sites (N-methyl/N-ethyl adjacent to an activating group) is 1. The van der Waals surface area contributed by atoms with Crippen LogP contribution < -0.4 is 16.0 Å². The number of benzene rings is 1. The molecule has 3 aliphatic carbocycles. The molecule has 11 nitrogen and oxygen atoms in total. The first-order valence-corrected chi connectivity index (χ1v) is 13.3. The van der Waals surface area contributed by atoms with Crippen molar-refractivity contribution < 1.29 is 34.8 Å². The first-order chi connectivity index (χ1) is 18.1. The van der Waals surface area contributed by atoms with Crippen LogP contribution in [0.4, 0.5) is 5.69 Å². The van der Waals surface area contributed by atoms with Gasteiger partial charge in [-0.2, -0.15) is 0 Å². The smallest absolute Gasteiger partial charge is 0.230 e. The fraction of sp³-hybridized carbons (Fsp3) is 0.607. The van der Waals surface area contributed by atoms with Gasteiger partial charge in [-0.05, 0) is 56.9 Å². The van der Waals surface area contributed by atoms with E-state index >= 15 is 0 Å². The van der Waals surface area contributed by atoms with Gasteiger partial charge >= 0.3 is 0 Å². The van der Waals surface area contributed by atoms with Crippen LogP contribution in [0.1, 0.15) is 37.0 Å². The number of rotatable bonds is 7. The molecule has 0 bridgehead atoms.